The number of nitrogens with zero attached hydrogens (tertiary/aromatic N) is 1. The summed E-state index contributed by atoms with van der Waals surface area (Å²) in [5, 5.41) is 2.62. The number of pyridine rings is 1. The monoisotopic (exact) mass is 323 g/mol. The quantitative estimate of drug-likeness (QED) is 0.414. The van der Waals surface area contributed by atoms with E-state index in [1.165, 1.54) is 0 Å². The third-order valence-corrected chi connectivity index (χ3v) is 4.09. The average molecular weight is 323 g/mol. The van der Waals surface area contributed by atoms with Gasteiger partial charge in [0.2, 0.25) is 0 Å². The van der Waals surface area contributed by atoms with Crippen LogP contribution in [0.3, 0.4) is 0 Å². The van der Waals surface area contributed by atoms with Gasteiger partial charge in [0.05, 0.1) is 5.52 Å². The van der Waals surface area contributed by atoms with E-state index in [2.05, 4.69) is 4.98 Å². The van der Waals surface area contributed by atoms with Gasteiger partial charge in [0.15, 0.2) is 0 Å². The Labute approximate surface area is 136 Å². The van der Waals surface area contributed by atoms with Crippen LogP contribution in [0.5, 0.6) is 0 Å². The third kappa shape index (κ3) is 2.40. The Bertz CT molecular complexity index is 1050. The first-order valence-corrected chi connectivity index (χ1v) is 7.49. The Morgan fingerprint density at radius 2 is 1.33 bits per heavy atom. The number of hydrogen-bond acceptors (Lipinski definition) is 1. The summed E-state index contributed by atoms with van der Waals surface area (Å²) in [5.41, 5.74) is 0.793. The first-order valence-electron chi connectivity index (χ1n) is 7.49. The van der Waals surface area contributed by atoms with Crippen molar-refractivity contribution in [2.24, 2.45) is 0 Å². The van der Waals surface area contributed by atoms with E-state index >= 15 is 0 Å². The molecule has 0 aliphatic rings. The molecule has 1 nitrogen and oxygen atoms in total. The fourth-order valence-electron chi connectivity index (χ4n) is 3.00. The van der Waals surface area contributed by atoms with Crippen molar-refractivity contribution in [1.82, 2.24) is 4.98 Å². The lowest BCUT2D eigenvalue weighted by Gasteiger charge is -2.13. The fraction of sp³-hybridized carbons (Fsp3) is 0.0500. The van der Waals surface area contributed by atoms with Crippen molar-refractivity contribution < 1.29 is 13.2 Å². The topological polar surface area (TPSA) is 12.9 Å². The third-order valence-electron chi connectivity index (χ3n) is 4.09. The predicted molar refractivity (Wildman–Crippen MR) is 89.7 cm³/mol. The van der Waals surface area contributed by atoms with E-state index in [0.29, 0.717) is 16.5 Å². The van der Waals surface area contributed by atoms with Gasteiger partial charge in [0, 0.05) is 5.39 Å². The SMILES string of the molecule is FC(F)(F)c1cc(-c2cccc3ccccc23)c2ccccc2n1. The minimum absolute atomic E-state index is 0.343. The zero-order valence-corrected chi connectivity index (χ0v) is 12.5. The summed E-state index contributed by atoms with van der Waals surface area (Å²) in [6, 6.07) is 21.4. The molecule has 3 aromatic carbocycles. The van der Waals surface area contributed by atoms with E-state index < -0.39 is 11.9 Å². The molecule has 0 radical (unpaired) electrons. The Balaban J connectivity index is 2.12. The summed E-state index contributed by atoms with van der Waals surface area (Å²) in [5.74, 6) is 0. The van der Waals surface area contributed by atoms with Crippen LogP contribution < -0.4 is 0 Å². The normalized spacial score (nSPS) is 12.0. The molecule has 0 spiro atoms. The van der Waals surface area contributed by atoms with Gasteiger partial charge in [0.25, 0.3) is 0 Å². The van der Waals surface area contributed by atoms with Crippen molar-refractivity contribution in [2.75, 3.05) is 0 Å². The van der Waals surface area contributed by atoms with Crippen molar-refractivity contribution in [1.29, 1.82) is 0 Å². The van der Waals surface area contributed by atoms with Gasteiger partial charge >= 0.3 is 6.18 Å². The second-order valence-electron chi connectivity index (χ2n) is 5.60. The first kappa shape index (κ1) is 14.7. The van der Waals surface area contributed by atoms with Gasteiger partial charge in [-0.15, -0.1) is 0 Å². The average Bonchev–Trinajstić information content (AvgIpc) is 2.59. The van der Waals surface area contributed by atoms with Gasteiger partial charge in [-0.25, -0.2) is 4.98 Å². The number of alkyl halides is 3. The minimum Gasteiger partial charge on any atom is -0.243 e. The highest BCUT2D eigenvalue weighted by Crippen LogP contribution is 2.37. The summed E-state index contributed by atoms with van der Waals surface area (Å²) >= 11 is 0. The number of halogens is 3. The lowest BCUT2D eigenvalue weighted by atomic mass is 9.95. The Morgan fingerprint density at radius 3 is 2.12 bits per heavy atom. The molecule has 0 amide bonds. The van der Waals surface area contributed by atoms with Crippen LogP contribution in [-0.2, 0) is 6.18 Å². The highest BCUT2D eigenvalue weighted by molar-refractivity contribution is 6.04. The maximum atomic E-state index is 13.3. The lowest BCUT2D eigenvalue weighted by molar-refractivity contribution is -0.140. The first-order chi connectivity index (χ1) is 11.5. The molecule has 0 saturated carbocycles. The molecule has 0 N–H and O–H groups in total. The maximum Gasteiger partial charge on any atom is 0.433 e. The molecule has 0 fully saturated rings. The van der Waals surface area contributed by atoms with Crippen LogP contribution in [0.25, 0.3) is 32.8 Å². The van der Waals surface area contributed by atoms with Gasteiger partial charge in [-0.05, 0) is 34.0 Å². The highest BCUT2D eigenvalue weighted by Gasteiger charge is 2.33. The number of hydrogen-bond donors (Lipinski definition) is 0. The molecule has 0 saturated heterocycles. The zero-order chi connectivity index (χ0) is 16.7. The molecule has 4 aromatic rings. The van der Waals surface area contributed by atoms with E-state index in [1.54, 1.807) is 18.2 Å². The van der Waals surface area contributed by atoms with Crippen molar-refractivity contribution in [3.8, 4) is 11.1 Å². The maximum absolute atomic E-state index is 13.3. The number of rotatable bonds is 1. The van der Waals surface area contributed by atoms with Crippen LogP contribution in [0.2, 0.25) is 0 Å². The van der Waals surface area contributed by atoms with E-state index in [0.717, 1.165) is 22.4 Å². The number of benzene rings is 3. The molecular weight excluding hydrogens is 311 g/mol. The molecule has 4 rings (SSSR count). The Morgan fingerprint density at radius 1 is 0.667 bits per heavy atom. The molecule has 0 bridgehead atoms. The van der Waals surface area contributed by atoms with Crippen molar-refractivity contribution in [2.45, 2.75) is 6.18 Å². The zero-order valence-electron chi connectivity index (χ0n) is 12.5. The Kier molecular flexibility index (Phi) is 3.27. The molecule has 0 aliphatic carbocycles. The van der Waals surface area contributed by atoms with Crippen LogP contribution in [0.15, 0.2) is 72.8 Å². The molecule has 0 atom stereocenters. The molecule has 0 aliphatic heterocycles. The second kappa shape index (κ2) is 5.34. The molecule has 4 heteroatoms. The summed E-state index contributed by atoms with van der Waals surface area (Å²) in [6.07, 6.45) is -4.48. The van der Waals surface area contributed by atoms with E-state index in [4.69, 9.17) is 0 Å². The van der Waals surface area contributed by atoms with Crippen molar-refractivity contribution in [3.05, 3.63) is 78.5 Å². The van der Waals surface area contributed by atoms with Crippen LogP contribution in [0.1, 0.15) is 5.69 Å². The standard InChI is InChI=1S/C20H12F3N/c21-20(22,23)19-12-17(16-9-3-4-11-18(16)24-19)15-10-5-7-13-6-1-2-8-14(13)15/h1-12H. The van der Waals surface area contributed by atoms with Crippen LogP contribution >= 0.6 is 0 Å². The van der Waals surface area contributed by atoms with Gasteiger partial charge in [-0.3, -0.25) is 0 Å². The van der Waals surface area contributed by atoms with Gasteiger partial charge in [0.1, 0.15) is 5.69 Å². The van der Waals surface area contributed by atoms with Crippen LogP contribution in [-0.4, -0.2) is 4.98 Å². The summed E-state index contributed by atoms with van der Waals surface area (Å²) in [6.45, 7) is 0. The fourth-order valence-corrected chi connectivity index (χ4v) is 3.00. The van der Waals surface area contributed by atoms with Crippen molar-refractivity contribution >= 4 is 21.7 Å². The minimum atomic E-state index is -4.48. The molecule has 118 valence electrons. The molecule has 1 aromatic heterocycles. The number of aromatic nitrogens is 1. The summed E-state index contributed by atoms with van der Waals surface area (Å²) in [7, 11) is 0. The smallest absolute Gasteiger partial charge is 0.243 e. The molecule has 24 heavy (non-hydrogen) atoms. The Hall–Kier alpha value is -2.88. The summed E-state index contributed by atoms with van der Waals surface area (Å²) < 4.78 is 39.8. The van der Waals surface area contributed by atoms with Crippen LogP contribution in [0.4, 0.5) is 13.2 Å². The van der Waals surface area contributed by atoms with E-state index in [9.17, 15) is 13.2 Å². The van der Waals surface area contributed by atoms with Gasteiger partial charge < -0.3 is 0 Å². The molecule has 0 unspecified atom stereocenters. The van der Waals surface area contributed by atoms with Crippen molar-refractivity contribution in [3.63, 3.8) is 0 Å². The molecular formula is C20H12F3N. The lowest BCUT2D eigenvalue weighted by Crippen LogP contribution is -2.08. The van der Waals surface area contributed by atoms with Crippen LogP contribution in [0, 0.1) is 0 Å². The van der Waals surface area contributed by atoms with Gasteiger partial charge in [-0.2, -0.15) is 13.2 Å². The van der Waals surface area contributed by atoms with Gasteiger partial charge in [-0.1, -0.05) is 60.7 Å². The van der Waals surface area contributed by atoms with E-state index in [-0.39, 0.29) is 0 Å². The van der Waals surface area contributed by atoms with E-state index in [1.807, 2.05) is 48.5 Å². The largest absolute Gasteiger partial charge is 0.433 e. The molecule has 1 heterocycles. The second-order valence-corrected chi connectivity index (χ2v) is 5.60. The predicted octanol–water partition coefficient (Wildman–Crippen LogP) is 6.07. The number of fused-ring (bicyclic) bond motifs is 2. The highest BCUT2D eigenvalue weighted by atomic mass is 19.4. The summed E-state index contributed by atoms with van der Waals surface area (Å²) in [4.78, 5) is 3.79. The number of para-hydroxylation sites is 1.